The number of fused-ring (bicyclic) bond motifs is 5. The predicted octanol–water partition coefficient (Wildman–Crippen LogP) is 3.88. The molecule has 3 saturated carbocycles. The summed E-state index contributed by atoms with van der Waals surface area (Å²) in [6.07, 6.45) is 4.63. The topological polar surface area (TPSA) is 116 Å². The zero-order valence-electron chi connectivity index (χ0n) is 23.6. The number of rotatable bonds is 4. The van der Waals surface area contributed by atoms with Crippen LogP contribution < -0.4 is 0 Å². The van der Waals surface area contributed by atoms with Crippen LogP contribution in [0.5, 0.6) is 0 Å². The third-order valence-electron chi connectivity index (χ3n) is 10.8. The molecule has 1 saturated heterocycles. The molecule has 6 rings (SSSR count). The second kappa shape index (κ2) is 9.87. The van der Waals surface area contributed by atoms with E-state index < -0.39 is 80.2 Å². The number of aliphatic hydroxyl groups excluding tert-OH is 1. The molecule has 8 nitrogen and oxygen atoms in total. The Morgan fingerprint density at radius 3 is 2.60 bits per heavy atom. The lowest BCUT2D eigenvalue weighted by Crippen LogP contribution is -2.70. The maximum atomic E-state index is 17.6. The molecule has 0 spiro atoms. The van der Waals surface area contributed by atoms with Crippen molar-refractivity contribution in [1.29, 1.82) is 0 Å². The van der Waals surface area contributed by atoms with Gasteiger partial charge in [-0.2, -0.15) is 0 Å². The normalized spacial score (nSPS) is 45.6. The maximum absolute atomic E-state index is 17.6. The Labute approximate surface area is 246 Å². The van der Waals surface area contributed by atoms with Gasteiger partial charge in [-0.3, -0.25) is 14.4 Å². The third kappa shape index (κ3) is 3.81. The number of alkyl halides is 2. The van der Waals surface area contributed by atoms with Gasteiger partial charge >= 0.3 is 11.9 Å². The molecular weight excluding hydrogens is 570 g/mol. The lowest BCUT2D eigenvalue weighted by molar-refractivity contribution is -0.227. The van der Waals surface area contributed by atoms with E-state index in [1.165, 1.54) is 37.5 Å². The van der Waals surface area contributed by atoms with E-state index in [0.717, 1.165) is 17.8 Å². The van der Waals surface area contributed by atoms with Crippen molar-refractivity contribution in [3.63, 3.8) is 0 Å². The van der Waals surface area contributed by atoms with Crippen molar-refractivity contribution in [2.45, 2.75) is 75.2 Å². The zero-order valence-corrected chi connectivity index (χ0v) is 24.5. The van der Waals surface area contributed by atoms with Crippen LogP contribution in [0.15, 0.2) is 47.8 Å². The van der Waals surface area contributed by atoms with Crippen LogP contribution in [0, 0.1) is 28.6 Å². The second-order valence-corrected chi connectivity index (χ2v) is 13.9. The molecular formula is C31H34F2O8S. The van der Waals surface area contributed by atoms with E-state index >= 15 is 8.78 Å². The van der Waals surface area contributed by atoms with Gasteiger partial charge in [-0.1, -0.05) is 31.7 Å². The molecule has 1 N–H and O–H groups in total. The fourth-order valence-corrected chi connectivity index (χ4v) is 10.0. The van der Waals surface area contributed by atoms with Gasteiger partial charge < -0.3 is 19.3 Å². The first kappa shape index (κ1) is 29.3. The van der Waals surface area contributed by atoms with Crippen LogP contribution in [0.2, 0.25) is 0 Å². The standard InChI is InChI=1S/C31H34F2O8S/c1-16-12-19-20-14-22(32)21-13-18(34)4-8-28(21,2)30(20,33)24(35)15-29(19,3)31(16,27(38)42-23-7-11-40-26(23)37)41-25(36)17-5-9-39-10-6-17/h4-6,8-9,13,16,19-20,22-24,35H,7,10-12,14-15H2,1-3H3/t16-,19+,20+,22+,23+,24+,28+,29+,30+,31+/m1/s1. The van der Waals surface area contributed by atoms with Crippen LogP contribution in [0.4, 0.5) is 8.78 Å². The molecule has 6 aliphatic rings. The van der Waals surface area contributed by atoms with Gasteiger partial charge in [0.15, 0.2) is 17.1 Å². The van der Waals surface area contributed by atoms with Gasteiger partial charge in [0.1, 0.15) is 18.0 Å². The number of hydrogen-bond acceptors (Lipinski definition) is 9. The average molecular weight is 605 g/mol. The number of cyclic esters (lactones) is 1. The zero-order chi connectivity index (χ0) is 30.2. The van der Waals surface area contributed by atoms with E-state index in [-0.39, 0.29) is 43.6 Å². The van der Waals surface area contributed by atoms with Crippen molar-refractivity contribution in [3.05, 3.63) is 47.8 Å². The second-order valence-electron chi connectivity index (χ2n) is 12.8. The van der Waals surface area contributed by atoms with E-state index in [2.05, 4.69) is 0 Å². The molecule has 0 bridgehead atoms. The van der Waals surface area contributed by atoms with Gasteiger partial charge in [0, 0.05) is 29.1 Å². The Kier molecular flexibility index (Phi) is 6.88. The molecule has 0 amide bonds. The summed E-state index contributed by atoms with van der Waals surface area (Å²) in [5, 5.41) is 10.4. The Hall–Kier alpha value is -2.79. The van der Waals surface area contributed by atoms with Crippen molar-refractivity contribution in [1.82, 2.24) is 0 Å². The van der Waals surface area contributed by atoms with E-state index in [1.807, 2.05) is 0 Å². The number of carbonyl (C=O) groups is 4. The highest BCUT2D eigenvalue weighted by molar-refractivity contribution is 8.14. The number of aliphatic hydroxyl groups is 1. The highest BCUT2D eigenvalue weighted by atomic mass is 32.2. The molecule has 0 aromatic heterocycles. The Morgan fingerprint density at radius 1 is 1.17 bits per heavy atom. The molecule has 2 aliphatic heterocycles. The van der Waals surface area contributed by atoms with E-state index in [0.29, 0.717) is 6.42 Å². The summed E-state index contributed by atoms with van der Waals surface area (Å²) in [4.78, 5) is 52.5. The van der Waals surface area contributed by atoms with Crippen LogP contribution in [0.3, 0.4) is 0 Å². The fraction of sp³-hybridized carbons (Fsp3) is 0.613. The lowest BCUT2D eigenvalue weighted by atomic mass is 9.44. The maximum Gasteiger partial charge on any atom is 0.339 e. The molecule has 10 atom stereocenters. The van der Waals surface area contributed by atoms with Crippen molar-refractivity contribution in [2.24, 2.45) is 28.6 Å². The summed E-state index contributed by atoms with van der Waals surface area (Å²) in [6.45, 7) is 5.25. The van der Waals surface area contributed by atoms with Crippen LogP contribution in [-0.2, 0) is 33.4 Å². The number of carbonyl (C=O) groups excluding carboxylic acids is 4. The molecule has 0 aromatic rings. The first-order valence-corrected chi connectivity index (χ1v) is 15.2. The van der Waals surface area contributed by atoms with Crippen LogP contribution in [-0.4, -0.2) is 70.0 Å². The van der Waals surface area contributed by atoms with Crippen molar-refractivity contribution in [2.75, 3.05) is 13.2 Å². The number of halogens is 2. The van der Waals surface area contributed by atoms with Gasteiger partial charge in [-0.15, -0.1) is 0 Å². The smallest absolute Gasteiger partial charge is 0.339 e. The molecule has 0 unspecified atom stereocenters. The highest BCUT2D eigenvalue weighted by Crippen LogP contribution is 2.72. The first-order valence-electron chi connectivity index (χ1n) is 14.3. The quantitative estimate of drug-likeness (QED) is 0.478. The van der Waals surface area contributed by atoms with Gasteiger partial charge in [0.05, 0.1) is 24.5 Å². The average Bonchev–Trinajstić information content (AvgIpc) is 3.45. The summed E-state index contributed by atoms with van der Waals surface area (Å²) < 4.78 is 49.9. The van der Waals surface area contributed by atoms with Gasteiger partial charge in [0.25, 0.3) is 0 Å². The molecule has 4 fully saturated rings. The van der Waals surface area contributed by atoms with Crippen molar-refractivity contribution in [3.8, 4) is 0 Å². The van der Waals surface area contributed by atoms with Crippen LogP contribution in [0.25, 0.3) is 0 Å². The minimum absolute atomic E-state index is 0.00441. The first-order chi connectivity index (χ1) is 19.8. The number of thioether (sulfide) groups is 1. The lowest BCUT2D eigenvalue weighted by Gasteiger charge is -2.63. The minimum Gasteiger partial charge on any atom is -0.497 e. The summed E-state index contributed by atoms with van der Waals surface area (Å²) in [6, 6.07) is 0. The molecule has 0 aromatic carbocycles. The third-order valence-corrected chi connectivity index (χ3v) is 12.1. The van der Waals surface area contributed by atoms with Crippen molar-refractivity contribution < 1.29 is 47.3 Å². The van der Waals surface area contributed by atoms with E-state index in [4.69, 9.17) is 14.2 Å². The number of hydrogen-bond donors (Lipinski definition) is 1. The Bertz CT molecular complexity index is 1370. The molecule has 226 valence electrons. The van der Waals surface area contributed by atoms with Gasteiger partial charge in [-0.05, 0) is 62.0 Å². The molecule has 11 heteroatoms. The summed E-state index contributed by atoms with van der Waals surface area (Å²) in [7, 11) is 0. The Balaban J connectivity index is 1.45. The van der Waals surface area contributed by atoms with E-state index in [9.17, 15) is 24.3 Å². The predicted molar refractivity (Wildman–Crippen MR) is 147 cm³/mol. The Morgan fingerprint density at radius 2 is 1.93 bits per heavy atom. The summed E-state index contributed by atoms with van der Waals surface area (Å²) in [5.41, 5.74) is -6.92. The fourth-order valence-electron chi connectivity index (χ4n) is 8.76. The van der Waals surface area contributed by atoms with Gasteiger partial charge in [0.2, 0.25) is 5.12 Å². The van der Waals surface area contributed by atoms with Crippen LogP contribution in [0.1, 0.15) is 46.5 Å². The largest absolute Gasteiger partial charge is 0.497 e. The van der Waals surface area contributed by atoms with E-state index in [1.54, 1.807) is 13.8 Å². The monoisotopic (exact) mass is 604 g/mol. The number of allylic oxidation sites excluding steroid dienone is 4. The number of ketones is 1. The van der Waals surface area contributed by atoms with Crippen molar-refractivity contribution >= 4 is 34.6 Å². The number of ether oxygens (including phenoxy) is 3. The molecule has 42 heavy (non-hydrogen) atoms. The number of esters is 2. The summed E-state index contributed by atoms with van der Waals surface area (Å²) in [5.74, 6) is -4.14. The summed E-state index contributed by atoms with van der Waals surface area (Å²) >= 11 is 0.746. The SMILES string of the molecule is C[C@@H]1C[C@H]2[C@@H]3C[C@H](F)C4=CC(=O)C=C[C@]4(C)[C@@]3(F)[C@@H](O)C[C@]2(C)[C@@]1(OC(=O)C1=CCOC=C1)C(=O)S[C@H]1CCOC1=O. The molecule has 0 radical (unpaired) electrons. The van der Waals surface area contributed by atoms with Crippen LogP contribution >= 0.6 is 11.8 Å². The highest BCUT2D eigenvalue weighted by Gasteiger charge is 2.78. The molecule has 2 heterocycles. The molecule has 4 aliphatic carbocycles. The minimum atomic E-state index is -2.35. The van der Waals surface area contributed by atoms with Gasteiger partial charge in [-0.25, -0.2) is 13.6 Å².